The minimum Gasteiger partial charge on any atom is -0.336 e. The molecular weight excluding hydrogens is 250 g/mol. The van der Waals surface area contributed by atoms with E-state index in [9.17, 15) is 4.79 Å². The molecule has 0 bridgehead atoms. The maximum Gasteiger partial charge on any atom is 0.237 e. The van der Waals surface area contributed by atoms with Crippen LogP contribution in [0.15, 0.2) is 0 Å². The minimum atomic E-state index is 0.315. The van der Waals surface area contributed by atoms with Crippen molar-refractivity contribution in [1.29, 1.82) is 0 Å². The van der Waals surface area contributed by atoms with Crippen LogP contribution in [0, 0.1) is 5.92 Å². The first-order chi connectivity index (χ1) is 9.52. The predicted molar refractivity (Wildman–Crippen MR) is 82.4 cm³/mol. The van der Waals surface area contributed by atoms with Crippen LogP contribution in [-0.2, 0) is 4.79 Å². The third-order valence-corrected chi connectivity index (χ3v) is 5.24. The molecule has 0 aromatic carbocycles. The summed E-state index contributed by atoms with van der Waals surface area (Å²) >= 11 is 0. The van der Waals surface area contributed by atoms with E-state index in [-0.39, 0.29) is 0 Å². The van der Waals surface area contributed by atoms with Crippen molar-refractivity contribution in [3.63, 3.8) is 0 Å². The summed E-state index contributed by atoms with van der Waals surface area (Å²) in [5.41, 5.74) is 6.15. The van der Waals surface area contributed by atoms with Crippen molar-refractivity contribution in [1.82, 2.24) is 9.80 Å². The average molecular weight is 281 g/mol. The van der Waals surface area contributed by atoms with E-state index in [1.54, 1.807) is 0 Å². The van der Waals surface area contributed by atoms with Gasteiger partial charge in [0.25, 0.3) is 0 Å². The highest BCUT2D eigenvalue weighted by Crippen LogP contribution is 2.24. The number of amides is 1. The molecule has 0 radical (unpaired) electrons. The van der Waals surface area contributed by atoms with Crippen molar-refractivity contribution < 1.29 is 4.79 Å². The second kappa shape index (κ2) is 6.90. The van der Waals surface area contributed by atoms with Crippen LogP contribution in [0.25, 0.3) is 0 Å². The van der Waals surface area contributed by atoms with Gasteiger partial charge in [-0.15, -0.1) is 0 Å². The van der Waals surface area contributed by atoms with Crippen LogP contribution in [0.4, 0.5) is 0 Å². The lowest BCUT2D eigenvalue weighted by Crippen LogP contribution is -2.54. The molecule has 0 aromatic rings. The molecule has 0 aromatic heterocycles. The lowest BCUT2D eigenvalue weighted by atomic mass is 9.90. The first-order valence-corrected chi connectivity index (χ1v) is 8.32. The van der Waals surface area contributed by atoms with E-state index in [2.05, 4.69) is 30.6 Å². The maximum absolute atomic E-state index is 12.6. The number of piperidine rings is 2. The lowest BCUT2D eigenvalue weighted by molar-refractivity contribution is -0.139. The van der Waals surface area contributed by atoms with Gasteiger partial charge in [-0.3, -0.25) is 9.69 Å². The number of nitrogens with zero attached hydrogens (tertiary/aromatic N) is 2. The third-order valence-electron chi connectivity index (χ3n) is 5.24. The molecule has 2 fully saturated rings. The zero-order valence-electron chi connectivity index (χ0n) is 13.3. The van der Waals surface area contributed by atoms with Gasteiger partial charge >= 0.3 is 0 Å². The molecule has 116 valence electrons. The monoisotopic (exact) mass is 281 g/mol. The topological polar surface area (TPSA) is 49.6 Å². The van der Waals surface area contributed by atoms with Crippen molar-refractivity contribution in [3.8, 4) is 0 Å². The summed E-state index contributed by atoms with van der Waals surface area (Å²) in [4.78, 5) is 17.1. The summed E-state index contributed by atoms with van der Waals surface area (Å²) in [5.74, 6) is 0.864. The second-order valence-corrected chi connectivity index (χ2v) is 6.79. The molecule has 0 saturated carbocycles. The van der Waals surface area contributed by atoms with E-state index in [0.29, 0.717) is 36.5 Å². The van der Waals surface area contributed by atoms with E-state index in [4.69, 9.17) is 5.73 Å². The molecule has 4 heteroatoms. The molecule has 20 heavy (non-hydrogen) atoms. The Morgan fingerprint density at radius 3 is 2.45 bits per heavy atom. The van der Waals surface area contributed by atoms with Gasteiger partial charge in [0.15, 0.2) is 0 Å². The number of hydrogen-bond acceptors (Lipinski definition) is 3. The number of likely N-dealkylation sites (tertiary alicyclic amines) is 2. The van der Waals surface area contributed by atoms with Crippen LogP contribution in [-0.4, -0.2) is 53.5 Å². The van der Waals surface area contributed by atoms with Crippen molar-refractivity contribution >= 4 is 5.91 Å². The predicted octanol–water partition coefficient (Wildman–Crippen LogP) is 1.84. The zero-order valence-corrected chi connectivity index (χ0v) is 13.3. The smallest absolute Gasteiger partial charge is 0.237 e. The van der Waals surface area contributed by atoms with Gasteiger partial charge in [-0.25, -0.2) is 0 Å². The van der Waals surface area contributed by atoms with Gasteiger partial charge in [0.2, 0.25) is 5.91 Å². The summed E-state index contributed by atoms with van der Waals surface area (Å²) in [6, 6.07) is 1.12. The molecular formula is C16H31N3O. The van der Waals surface area contributed by atoms with E-state index >= 15 is 0 Å². The highest BCUT2D eigenvalue weighted by molar-refractivity contribution is 5.79. The summed E-state index contributed by atoms with van der Waals surface area (Å²) in [7, 11) is 0. The molecule has 0 aliphatic carbocycles. The van der Waals surface area contributed by atoms with Crippen LogP contribution in [0.3, 0.4) is 0 Å². The van der Waals surface area contributed by atoms with Crippen LogP contribution >= 0.6 is 0 Å². The van der Waals surface area contributed by atoms with E-state index in [0.717, 1.165) is 38.8 Å². The largest absolute Gasteiger partial charge is 0.336 e. The van der Waals surface area contributed by atoms with Crippen LogP contribution in [0.1, 0.15) is 52.9 Å². The zero-order chi connectivity index (χ0) is 14.7. The van der Waals surface area contributed by atoms with E-state index in [1.807, 2.05) is 0 Å². The average Bonchev–Trinajstić information content (AvgIpc) is 2.40. The molecule has 2 saturated heterocycles. The Morgan fingerprint density at radius 2 is 1.85 bits per heavy atom. The number of nitrogens with two attached hydrogens (primary N) is 1. The van der Waals surface area contributed by atoms with Gasteiger partial charge in [0, 0.05) is 31.2 Å². The molecule has 2 aliphatic heterocycles. The molecule has 2 heterocycles. The highest BCUT2D eigenvalue weighted by Gasteiger charge is 2.32. The maximum atomic E-state index is 12.6. The summed E-state index contributed by atoms with van der Waals surface area (Å²) < 4.78 is 0. The SMILES string of the molecule is CCC1CN(CC(=O)N2C(C)CCCC2C)CCC1N. The van der Waals surface area contributed by atoms with Crippen LogP contribution in [0.2, 0.25) is 0 Å². The molecule has 1 amide bonds. The number of carbonyl (C=O) groups excluding carboxylic acids is 1. The molecule has 2 N–H and O–H groups in total. The summed E-state index contributed by atoms with van der Waals surface area (Å²) in [5, 5.41) is 0. The van der Waals surface area contributed by atoms with Gasteiger partial charge < -0.3 is 10.6 Å². The van der Waals surface area contributed by atoms with Gasteiger partial charge in [0.05, 0.1) is 6.54 Å². The lowest BCUT2D eigenvalue weighted by Gasteiger charge is -2.42. The molecule has 4 nitrogen and oxygen atoms in total. The van der Waals surface area contributed by atoms with E-state index in [1.165, 1.54) is 6.42 Å². The van der Waals surface area contributed by atoms with Gasteiger partial charge in [-0.1, -0.05) is 13.3 Å². The number of carbonyl (C=O) groups is 1. The molecule has 4 atom stereocenters. The molecule has 2 rings (SSSR count). The number of hydrogen-bond donors (Lipinski definition) is 1. The Hall–Kier alpha value is -0.610. The Bertz CT molecular complexity index is 324. The highest BCUT2D eigenvalue weighted by atomic mass is 16.2. The minimum absolute atomic E-state index is 0.315. The first kappa shape index (κ1) is 15.8. The molecule has 4 unspecified atom stereocenters. The van der Waals surface area contributed by atoms with Crippen molar-refractivity contribution in [3.05, 3.63) is 0 Å². The van der Waals surface area contributed by atoms with Gasteiger partial charge in [-0.05, 0) is 45.4 Å². The molecule has 2 aliphatic rings. The second-order valence-electron chi connectivity index (χ2n) is 6.79. The molecule has 0 spiro atoms. The van der Waals surface area contributed by atoms with Crippen LogP contribution in [0.5, 0.6) is 0 Å². The van der Waals surface area contributed by atoms with E-state index < -0.39 is 0 Å². The fourth-order valence-corrected chi connectivity index (χ4v) is 3.89. The fourth-order valence-electron chi connectivity index (χ4n) is 3.89. The van der Waals surface area contributed by atoms with Crippen LogP contribution < -0.4 is 5.73 Å². The Kier molecular flexibility index (Phi) is 5.44. The quantitative estimate of drug-likeness (QED) is 0.858. The van der Waals surface area contributed by atoms with Crippen molar-refractivity contribution in [2.75, 3.05) is 19.6 Å². The Labute approximate surface area is 123 Å². The fraction of sp³-hybridized carbons (Fsp3) is 0.938. The Morgan fingerprint density at radius 1 is 1.20 bits per heavy atom. The van der Waals surface area contributed by atoms with Crippen molar-refractivity contribution in [2.24, 2.45) is 11.7 Å². The summed E-state index contributed by atoms with van der Waals surface area (Å²) in [6.07, 6.45) is 5.69. The first-order valence-electron chi connectivity index (χ1n) is 8.32. The van der Waals surface area contributed by atoms with Gasteiger partial charge in [0.1, 0.15) is 0 Å². The standard InChI is InChI=1S/C16H31N3O/c1-4-14-10-18(9-8-15(14)17)11-16(20)19-12(2)6-5-7-13(19)3/h12-15H,4-11,17H2,1-3H3. The Balaban J connectivity index is 1.90. The summed E-state index contributed by atoms with van der Waals surface area (Å²) in [6.45, 7) is 9.12. The van der Waals surface area contributed by atoms with Crippen molar-refractivity contribution in [2.45, 2.75) is 71.0 Å². The third kappa shape index (κ3) is 3.53. The number of rotatable bonds is 3. The van der Waals surface area contributed by atoms with Gasteiger partial charge in [-0.2, -0.15) is 0 Å². The normalized spacial score (nSPS) is 36.1.